The van der Waals surface area contributed by atoms with Gasteiger partial charge in [-0.2, -0.15) is 0 Å². The molecule has 1 aliphatic rings. The highest BCUT2D eigenvalue weighted by Gasteiger charge is 2.11. The maximum absolute atomic E-state index is 11.1. The Labute approximate surface area is 77.1 Å². The normalized spacial score (nSPS) is 24.8. The van der Waals surface area contributed by atoms with E-state index >= 15 is 0 Å². The number of hydrogen-bond donors (Lipinski definition) is 3. The van der Waals surface area contributed by atoms with E-state index in [0.29, 0.717) is 13.1 Å². The minimum atomic E-state index is -3.21. The Hall–Kier alpha value is -0.660. The number of carbonyl (C=O) groups is 1. The molecule has 0 aromatic rings. The van der Waals surface area contributed by atoms with E-state index in [1.807, 2.05) is 0 Å². The summed E-state index contributed by atoms with van der Waals surface area (Å²) < 4.78 is 24.6. The average Bonchev–Trinajstić information content (AvgIpc) is 2.02. The zero-order valence-electron chi connectivity index (χ0n) is 7.17. The molecule has 0 saturated carbocycles. The minimum absolute atomic E-state index is 0.0568. The Morgan fingerprint density at radius 1 is 1.15 bits per heavy atom. The van der Waals surface area contributed by atoms with Crippen molar-refractivity contribution in [1.29, 1.82) is 0 Å². The van der Waals surface area contributed by atoms with Crippen LogP contribution in [0.1, 0.15) is 0 Å². The first-order valence-electron chi connectivity index (χ1n) is 4.05. The first-order valence-corrected chi connectivity index (χ1v) is 5.70. The molecule has 0 bridgehead atoms. The monoisotopic (exact) mass is 207 g/mol. The van der Waals surface area contributed by atoms with Gasteiger partial charge in [0.2, 0.25) is 15.9 Å². The van der Waals surface area contributed by atoms with Crippen molar-refractivity contribution in [3.8, 4) is 0 Å². The molecule has 3 N–H and O–H groups in total. The van der Waals surface area contributed by atoms with E-state index in [4.69, 9.17) is 0 Å². The SMILES string of the molecule is O=C1CNCCNS(=O)(=O)CCN1. The second-order valence-corrected chi connectivity index (χ2v) is 4.67. The van der Waals surface area contributed by atoms with Gasteiger partial charge in [-0.25, -0.2) is 13.1 Å². The fraction of sp³-hybridized carbons (Fsp3) is 0.833. The van der Waals surface area contributed by atoms with Crippen molar-refractivity contribution >= 4 is 15.9 Å². The van der Waals surface area contributed by atoms with Gasteiger partial charge in [0.25, 0.3) is 0 Å². The van der Waals surface area contributed by atoms with Crippen LogP contribution in [0.2, 0.25) is 0 Å². The Morgan fingerprint density at radius 2 is 1.92 bits per heavy atom. The molecule has 0 radical (unpaired) electrons. The van der Waals surface area contributed by atoms with E-state index in [9.17, 15) is 13.2 Å². The molecular formula is C6H13N3O3S. The maximum Gasteiger partial charge on any atom is 0.233 e. The van der Waals surface area contributed by atoms with Crippen LogP contribution in [-0.2, 0) is 14.8 Å². The third-order valence-electron chi connectivity index (χ3n) is 1.60. The van der Waals surface area contributed by atoms with Crippen molar-refractivity contribution in [1.82, 2.24) is 15.4 Å². The molecule has 1 aliphatic heterocycles. The molecule has 0 spiro atoms. The summed E-state index contributed by atoms with van der Waals surface area (Å²) in [6, 6.07) is 0. The van der Waals surface area contributed by atoms with Gasteiger partial charge in [0.1, 0.15) is 0 Å². The molecule has 6 nitrogen and oxygen atoms in total. The second kappa shape index (κ2) is 4.54. The molecule has 7 heteroatoms. The van der Waals surface area contributed by atoms with Gasteiger partial charge >= 0.3 is 0 Å². The molecule has 1 amide bonds. The fourth-order valence-electron chi connectivity index (χ4n) is 0.956. The molecule has 0 aliphatic carbocycles. The molecule has 0 atom stereocenters. The standard InChI is InChI=1S/C6H13N3O3S/c10-6-5-7-1-2-9-13(11,12)4-3-8-6/h7,9H,1-5H2,(H,8,10). The highest BCUT2D eigenvalue weighted by molar-refractivity contribution is 7.89. The Morgan fingerprint density at radius 3 is 2.69 bits per heavy atom. The molecule has 1 fully saturated rings. The summed E-state index contributed by atoms with van der Waals surface area (Å²) in [5.74, 6) is -0.226. The molecule has 76 valence electrons. The smallest absolute Gasteiger partial charge is 0.233 e. The third-order valence-corrected chi connectivity index (χ3v) is 2.99. The van der Waals surface area contributed by atoms with Crippen molar-refractivity contribution in [2.75, 3.05) is 31.9 Å². The van der Waals surface area contributed by atoms with Crippen LogP contribution in [0, 0.1) is 0 Å². The van der Waals surface area contributed by atoms with Crippen LogP contribution < -0.4 is 15.4 Å². The fourth-order valence-corrected chi connectivity index (χ4v) is 1.88. The van der Waals surface area contributed by atoms with E-state index in [2.05, 4.69) is 15.4 Å². The van der Waals surface area contributed by atoms with Gasteiger partial charge in [0, 0.05) is 19.6 Å². The predicted octanol–water partition coefficient (Wildman–Crippen LogP) is -2.37. The van der Waals surface area contributed by atoms with Gasteiger partial charge < -0.3 is 10.6 Å². The summed E-state index contributed by atoms with van der Waals surface area (Å²) in [5, 5.41) is 5.29. The lowest BCUT2D eigenvalue weighted by Crippen LogP contribution is -2.43. The molecule has 1 heterocycles. The zero-order valence-corrected chi connectivity index (χ0v) is 7.99. The number of hydrogen-bond acceptors (Lipinski definition) is 4. The van der Waals surface area contributed by atoms with Crippen LogP contribution >= 0.6 is 0 Å². The maximum atomic E-state index is 11.1. The summed E-state index contributed by atoms with van der Waals surface area (Å²) in [7, 11) is -3.21. The highest BCUT2D eigenvalue weighted by Crippen LogP contribution is 1.83. The van der Waals surface area contributed by atoms with Crippen LogP contribution in [0.15, 0.2) is 0 Å². The number of rotatable bonds is 0. The molecule has 1 saturated heterocycles. The largest absolute Gasteiger partial charge is 0.354 e. The van der Waals surface area contributed by atoms with Crippen molar-refractivity contribution < 1.29 is 13.2 Å². The third kappa shape index (κ3) is 4.20. The number of amides is 1. The summed E-state index contributed by atoms with van der Waals surface area (Å²) in [4.78, 5) is 10.9. The van der Waals surface area contributed by atoms with Crippen molar-refractivity contribution in [2.45, 2.75) is 0 Å². The molecule has 0 aromatic heterocycles. The van der Waals surface area contributed by atoms with Crippen molar-refractivity contribution in [3.05, 3.63) is 0 Å². The quantitative estimate of drug-likeness (QED) is 0.414. The van der Waals surface area contributed by atoms with Crippen LogP contribution in [0.5, 0.6) is 0 Å². The first-order chi connectivity index (χ1) is 6.10. The number of sulfonamides is 1. The van der Waals surface area contributed by atoms with Crippen molar-refractivity contribution in [3.63, 3.8) is 0 Å². The first kappa shape index (κ1) is 10.4. The average molecular weight is 207 g/mol. The molecule has 0 aromatic carbocycles. The highest BCUT2D eigenvalue weighted by atomic mass is 32.2. The van der Waals surface area contributed by atoms with Gasteiger partial charge in [-0.3, -0.25) is 4.79 Å². The molecular weight excluding hydrogens is 194 g/mol. The Bertz CT molecular complexity index is 275. The van der Waals surface area contributed by atoms with E-state index in [1.54, 1.807) is 0 Å². The van der Waals surface area contributed by atoms with Crippen LogP contribution in [0.25, 0.3) is 0 Å². The molecule has 13 heavy (non-hydrogen) atoms. The van der Waals surface area contributed by atoms with Gasteiger partial charge in [-0.15, -0.1) is 0 Å². The lowest BCUT2D eigenvalue weighted by molar-refractivity contribution is -0.120. The molecule has 1 rings (SSSR count). The topological polar surface area (TPSA) is 87.3 Å². The Kier molecular flexibility index (Phi) is 3.64. The van der Waals surface area contributed by atoms with E-state index < -0.39 is 10.0 Å². The summed E-state index contributed by atoms with van der Waals surface area (Å²) in [5.41, 5.74) is 0. The van der Waals surface area contributed by atoms with Crippen LogP contribution in [0.4, 0.5) is 0 Å². The summed E-state index contributed by atoms with van der Waals surface area (Å²) >= 11 is 0. The van der Waals surface area contributed by atoms with Gasteiger partial charge in [0.15, 0.2) is 0 Å². The summed E-state index contributed by atoms with van der Waals surface area (Å²) in [6.07, 6.45) is 0. The van der Waals surface area contributed by atoms with Crippen LogP contribution in [0.3, 0.4) is 0 Å². The lowest BCUT2D eigenvalue weighted by atomic mass is 10.5. The minimum Gasteiger partial charge on any atom is -0.354 e. The summed E-state index contributed by atoms with van der Waals surface area (Å²) in [6.45, 7) is 1.19. The molecule has 0 unspecified atom stereocenters. The van der Waals surface area contributed by atoms with Crippen LogP contribution in [-0.4, -0.2) is 46.3 Å². The number of carbonyl (C=O) groups excluding carboxylic acids is 1. The van der Waals surface area contributed by atoms with Gasteiger partial charge in [0.05, 0.1) is 12.3 Å². The van der Waals surface area contributed by atoms with Crippen molar-refractivity contribution in [2.24, 2.45) is 0 Å². The predicted molar refractivity (Wildman–Crippen MR) is 47.7 cm³/mol. The number of nitrogens with one attached hydrogen (secondary N) is 3. The van der Waals surface area contributed by atoms with E-state index in [0.717, 1.165) is 0 Å². The van der Waals surface area contributed by atoms with Gasteiger partial charge in [-0.1, -0.05) is 0 Å². The van der Waals surface area contributed by atoms with E-state index in [-0.39, 0.29) is 24.7 Å². The zero-order chi connectivity index (χ0) is 9.73. The lowest BCUT2D eigenvalue weighted by Gasteiger charge is -2.11. The van der Waals surface area contributed by atoms with E-state index in [1.165, 1.54) is 0 Å². The second-order valence-electron chi connectivity index (χ2n) is 2.74. The van der Waals surface area contributed by atoms with Gasteiger partial charge in [-0.05, 0) is 0 Å². The Balaban J connectivity index is 2.49.